The van der Waals surface area contributed by atoms with Crippen molar-refractivity contribution < 1.29 is 9.84 Å². The van der Waals surface area contributed by atoms with E-state index in [0.29, 0.717) is 6.61 Å². The van der Waals surface area contributed by atoms with E-state index >= 15 is 0 Å². The number of aliphatic hydroxyl groups is 1. The molecule has 2 heterocycles. The lowest BCUT2D eigenvalue weighted by Gasteiger charge is -2.31. The average molecular weight is 281 g/mol. The van der Waals surface area contributed by atoms with Gasteiger partial charge in [0.2, 0.25) is 0 Å². The van der Waals surface area contributed by atoms with Crippen molar-refractivity contribution in [2.24, 2.45) is 0 Å². The minimum atomic E-state index is -0.428. The molecule has 3 nitrogen and oxygen atoms in total. The first-order valence-corrected chi connectivity index (χ1v) is 7.68. The Labute approximate surface area is 124 Å². The number of para-hydroxylation sites is 1. The highest BCUT2D eigenvalue weighted by Gasteiger charge is 2.37. The van der Waals surface area contributed by atoms with Crippen molar-refractivity contribution in [2.45, 2.75) is 37.2 Å². The van der Waals surface area contributed by atoms with Crippen LogP contribution >= 0.6 is 0 Å². The van der Waals surface area contributed by atoms with Crippen LogP contribution in [0.4, 0.5) is 0 Å². The third kappa shape index (κ3) is 2.12. The van der Waals surface area contributed by atoms with Crippen LogP contribution in [0.1, 0.15) is 41.5 Å². The molecular weight excluding hydrogens is 262 g/mol. The fraction of sp³-hybridized carbons (Fsp3) is 0.389. The van der Waals surface area contributed by atoms with E-state index < -0.39 is 6.10 Å². The van der Waals surface area contributed by atoms with Gasteiger partial charge in [-0.25, -0.2) is 0 Å². The SMILES string of the molecule is OC(C1COc2ccccc21)C1CCCc2cccnc21. The van der Waals surface area contributed by atoms with E-state index in [0.717, 1.165) is 36.3 Å². The third-order valence-corrected chi connectivity index (χ3v) is 4.80. The van der Waals surface area contributed by atoms with Gasteiger partial charge in [0.1, 0.15) is 5.75 Å². The van der Waals surface area contributed by atoms with E-state index in [2.05, 4.69) is 17.1 Å². The molecule has 108 valence electrons. The summed E-state index contributed by atoms with van der Waals surface area (Å²) in [5.74, 6) is 1.09. The van der Waals surface area contributed by atoms with E-state index in [1.54, 1.807) is 0 Å². The van der Waals surface area contributed by atoms with Crippen LogP contribution in [-0.2, 0) is 6.42 Å². The highest BCUT2D eigenvalue weighted by Crippen LogP contribution is 2.42. The van der Waals surface area contributed by atoms with Gasteiger partial charge in [-0.15, -0.1) is 0 Å². The number of rotatable bonds is 2. The number of aromatic nitrogens is 1. The Morgan fingerprint density at radius 3 is 3.00 bits per heavy atom. The monoisotopic (exact) mass is 281 g/mol. The smallest absolute Gasteiger partial charge is 0.123 e. The van der Waals surface area contributed by atoms with Crippen LogP contribution in [0.2, 0.25) is 0 Å². The van der Waals surface area contributed by atoms with Gasteiger partial charge in [-0.2, -0.15) is 0 Å². The first-order chi connectivity index (χ1) is 10.3. The highest BCUT2D eigenvalue weighted by atomic mass is 16.5. The van der Waals surface area contributed by atoms with Gasteiger partial charge in [-0.1, -0.05) is 24.3 Å². The molecule has 0 saturated carbocycles. The molecule has 1 N–H and O–H groups in total. The number of hydrogen-bond acceptors (Lipinski definition) is 3. The third-order valence-electron chi connectivity index (χ3n) is 4.80. The number of aryl methyl sites for hydroxylation is 1. The topological polar surface area (TPSA) is 42.4 Å². The van der Waals surface area contributed by atoms with Gasteiger partial charge < -0.3 is 9.84 Å². The molecule has 1 aliphatic carbocycles. The summed E-state index contributed by atoms with van der Waals surface area (Å²) < 4.78 is 5.73. The van der Waals surface area contributed by atoms with Crippen LogP contribution in [0, 0.1) is 0 Å². The molecule has 0 radical (unpaired) electrons. The molecule has 3 unspecified atom stereocenters. The minimum Gasteiger partial charge on any atom is -0.493 e. The largest absolute Gasteiger partial charge is 0.493 e. The first-order valence-electron chi connectivity index (χ1n) is 7.68. The van der Waals surface area contributed by atoms with Gasteiger partial charge in [-0.05, 0) is 37.0 Å². The average Bonchev–Trinajstić information content (AvgIpc) is 2.98. The lowest BCUT2D eigenvalue weighted by Crippen LogP contribution is -2.30. The summed E-state index contributed by atoms with van der Waals surface area (Å²) in [6.07, 6.45) is 4.61. The van der Waals surface area contributed by atoms with E-state index in [-0.39, 0.29) is 11.8 Å². The zero-order valence-corrected chi connectivity index (χ0v) is 11.9. The summed E-state index contributed by atoms with van der Waals surface area (Å²) in [6, 6.07) is 12.2. The fourth-order valence-corrected chi connectivity index (χ4v) is 3.73. The Bertz CT molecular complexity index is 655. The van der Waals surface area contributed by atoms with Crippen molar-refractivity contribution in [3.63, 3.8) is 0 Å². The standard InChI is InChI=1S/C18H19NO2/c20-18(15-11-21-16-9-2-1-7-13(15)16)14-8-3-5-12-6-4-10-19-17(12)14/h1-2,4,6-7,9-10,14-15,18,20H,3,5,8,11H2. The van der Waals surface area contributed by atoms with Crippen LogP contribution in [0.3, 0.4) is 0 Å². The number of pyridine rings is 1. The van der Waals surface area contributed by atoms with Crippen molar-refractivity contribution in [2.75, 3.05) is 6.61 Å². The summed E-state index contributed by atoms with van der Waals surface area (Å²) in [5, 5.41) is 10.9. The van der Waals surface area contributed by atoms with Crippen molar-refractivity contribution in [3.05, 3.63) is 59.4 Å². The Balaban J connectivity index is 1.66. The minimum absolute atomic E-state index is 0.0548. The number of benzene rings is 1. The number of hydrogen-bond donors (Lipinski definition) is 1. The zero-order valence-electron chi connectivity index (χ0n) is 11.9. The Morgan fingerprint density at radius 1 is 1.14 bits per heavy atom. The number of nitrogens with zero attached hydrogens (tertiary/aromatic N) is 1. The van der Waals surface area contributed by atoms with E-state index in [1.165, 1.54) is 5.56 Å². The predicted octanol–water partition coefficient (Wildman–Crippen LogP) is 3.04. The molecule has 1 aromatic heterocycles. The second kappa shape index (κ2) is 5.15. The van der Waals surface area contributed by atoms with E-state index in [4.69, 9.17) is 4.74 Å². The maximum absolute atomic E-state index is 10.9. The summed E-state index contributed by atoms with van der Waals surface area (Å²) >= 11 is 0. The van der Waals surface area contributed by atoms with Gasteiger partial charge in [0.25, 0.3) is 0 Å². The summed E-state index contributed by atoms with van der Waals surface area (Å²) in [7, 11) is 0. The van der Waals surface area contributed by atoms with Crippen LogP contribution < -0.4 is 4.74 Å². The van der Waals surface area contributed by atoms with Crippen LogP contribution in [0.25, 0.3) is 0 Å². The van der Waals surface area contributed by atoms with Gasteiger partial charge in [0, 0.05) is 29.3 Å². The Morgan fingerprint density at radius 2 is 2.05 bits per heavy atom. The van der Waals surface area contributed by atoms with E-state index in [1.807, 2.05) is 30.5 Å². The second-order valence-electron chi connectivity index (χ2n) is 5.99. The summed E-state index contributed by atoms with van der Waals surface area (Å²) in [4.78, 5) is 4.55. The van der Waals surface area contributed by atoms with Crippen LogP contribution in [0.5, 0.6) is 5.75 Å². The van der Waals surface area contributed by atoms with Crippen molar-refractivity contribution in [3.8, 4) is 5.75 Å². The van der Waals surface area contributed by atoms with Gasteiger partial charge in [0.15, 0.2) is 0 Å². The van der Waals surface area contributed by atoms with Gasteiger partial charge in [-0.3, -0.25) is 4.98 Å². The summed E-state index contributed by atoms with van der Waals surface area (Å²) in [5.41, 5.74) is 3.51. The molecule has 21 heavy (non-hydrogen) atoms. The molecule has 0 amide bonds. The Kier molecular flexibility index (Phi) is 3.15. The first kappa shape index (κ1) is 12.8. The lowest BCUT2D eigenvalue weighted by atomic mass is 9.77. The molecule has 0 bridgehead atoms. The van der Waals surface area contributed by atoms with Crippen molar-refractivity contribution >= 4 is 0 Å². The van der Waals surface area contributed by atoms with Crippen LogP contribution in [0.15, 0.2) is 42.6 Å². The number of fused-ring (bicyclic) bond motifs is 2. The molecule has 2 aliphatic rings. The van der Waals surface area contributed by atoms with Crippen LogP contribution in [-0.4, -0.2) is 22.8 Å². The molecule has 3 atom stereocenters. The summed E-state index contributed by atoms with van der Waals surface area (Å²) in [6.45, 7) is 0.569. The molecule has 0 spiro atoms. The molecule has 1 aliphatic heterocycles. The van der Waals surface area contributed by atoms with Gasteiger partial charge in [0.05, 0.1) is 12.7 Å². The molecule has 0 fully saturated rings. The fourth-order valence-electron chi connectivity index (χ4n) is 3.73. The zero-order chi connectivity index (χ0) is 14.2. The Hall–Kier alpha value is -1.87. The van der Waals surface area contributed by atoms with Crippen molar-refractivity contribution in [1.29, 1.82) is 0 Å². The quantitative estimate of drug-likeness (QED) is 0.920. The molecule has 1 aromatic carbocycles. The molecule has 4 rings (SSSR count). The van der Waals surface area contributed by atoms with Crippen molar-refractivity contribution in [1.82, 2.24) is 4.98 Å². The maximum Gasteiger partial charge on any atom is 0.123 e. The number of ether oxygens (including phenoxy) is 1. The molecule has 2 aromatic rings. The number of aliphatic hydroxyl groups excluding tert-OH is 1. The van der Waals surface area contributed by atoms with E-state index in [9.17, 15) is 5.11 Å². The molecule has 0 saturated heterocycles. The lowest BCUT2D eigenvalue weighted by molar-refractivity contribution is 0.0934. The maximum atomic E-state index is 10.9. The normalized spacial score (nSPS) is 24.8. The molecular formula is C18H19NO2. The van der Waals surface area contributed by atoms with Gasteiger partial charge >= 0.3 is 0 Å². The molecule has 3 heteroatoms. The highest BCUT2D eigenvalue weighted by molar-refractivity contribution is 5.41. The second-order valence-corrected chi connectivity index (χ2v) is 5.99. The predicted molar refractivity (Wildman–Crippen MR) is 80.6 cm³/mol.